The molecule has 4 nitrogen and oxygen atoms in total. The number of anilines is 1. The van der Waals surface area contributed by atoms with E-state index in [0.717, 1.165) is 42.7 Å². The van der Waals surface area contributed by atoms with Crippen LogP contribution in [0.25, 0.3) is 0 Å². The quantitative estimate of drug-likeness (QED) is 0.858. The van der Waals surface area contributed by atoms with E-state index in [9.17, 15) is 9.59 Å². The summed E-state index contributed by atoms with van der Waals surface area (Å²) in [6, 6.07) is 5.92. The average molecular weight is 288 g/mol. The van der Waals surface area contributed by atoms with E-state index in [1.54, 1.807) is 4.90 Å². The van der Waals surface area contributed by atoms with Crippen molar-refractivity contribution < 1.29 is 9.59 Å². The fraction of sp³-hybridized carbons (Fsp3) is 0.529. The van der Waals surface area contributed by atoms with Crippen LogP contribution in [-0.2, 0) is 9.59 Å². The van der Waals surface area contributed by atoms with Crippen molar-refractivity contribution in [3.63, 3.8) is 0 Å². The van der Waals surface area contributed by atoms with Crippen LogP contribution >= 0.6 is 0 Å². The Balaban J connectivity index is 2.20. The van der Waals surface area contributed by atoms with Gasteiger partial charge in [-0.3, -0.25) is 9.59 Å². The molecule has 1 aliphatic heterocycles. The maximum absolute atomic E-state index is 12.4. The third kappa shape index (κ3) is 3.63. The molecular formula is C17H24N2O2. The number of nitrogens with zero attached hydrogens (tertiary/aromatic N) is 2. The van der Waals surface area contributed by atoms with Crippen molar-refractivity contribution in [3.05, 3.63) is 29.3 Å². The number of hydrogen-bond donors (Lipinski definition) is 0. The second-order valence-electron chi connectivity index (χ2n) is 5.79. The summed E-state index contributed by atoms with van der Waals surface area (Å²) < 4.78 is 0. The number of likely N-dealkylation sites (tertiary alicyclic amines) is 1. The number of piperidine rings is 1. The highest BCUT2D eigenvalue weighted by Gasteiger charge is 2.23. The lowest BCUT2D eigenvalue weighted by atomic mass is 10.1. The summed E-state index contributed by atoms with van der Waals surface area (Å²) >= 11 is 0. The molecule has 1 aromatic rings. The fourth-order valence-electron chi connectivity index (χ4n) is 2.96. The predicted molar refractivity (Wildman–Crippen MR) is 84.4 cm³/mol. The van der Waals surface area contributed by atoms with Gasteiger partial charge < -0.3 is 9.80 Å². The molecule has 0 N–H and O–H groups in total. The zero-order valence-corrected chi connectivity index (χ0v) is 13.2. The van der Waals surface area contributed by atoms with Gasteiger partial charge in [-0.05, 0) is 44.2 Å². The molecule has 0 radical (unpaired) electrons. The van der Waals surface area contributed by atoms with Crippen molar-refractivity contribution in [2.45, 2.75) is 40.0 Å². The van der Waals surface area contributed by atoms with Crippen molar-refractivity contribution >= 4 is 17.5 Å². The predicted octanol–water partition coefficient (Wildman–Crippen LogP) is 2.67. The van der Waals surface area contributed by atoms with E-state index in [1.807, 2.05) is 36.9 Å². The van der Waals surface area contributed by atoms with Crippen LogP contribution in [0, 0.1) is 13.8 Å². The lowest BCUT2D eigenvalue weighted by molar-refractivity contribution is -0.132. The summed E-state index contributed by atoms with van der Waals surface area (Å²) in [5, 5.41) is 0. The van der Waals surface area contributed by atoms with Crippen LogP contribution in [0.1, 0.15) is 37.3 Å². The molecule has 1 fully saturated rings. The van der Waals surface area contributed by atoms with Crippen LogP contribution in [0.3, 0.4) is 0 Å². The standard InChI is InChI=1S/C17H24N2O2/c1-13-8-7-9-14(2)17(13)19(15(3)20)12-16(21)18-10-5-4-6-11-18/h7-9H,4-6,10-12H2,1-3H3. The van der Waals surface area contributed by atoms with Crippen LogP contribution in [0.2, 0.25) is 0 Å². The topological polar surface area (TPSA) is 40.6 Å². The minimum absolute atomic E-state index is 0.0487. The number of para-hydroxylation sites is 1. The minimum atomic E-state index is -0.0854. The number of benzene rings is 1. The number of hydrogen-bond acceptors (Lipinski definition) is 2. The molecule has 0 unspecified atom stereocenters. The van der Waals surface area contributed by atoms with E-state index >= 15 is 0 Å². The molecule has 21 heavy (non-hydrogen) atoms. The monoisotopic (exact) mass is 288 g/mol. The normalized spacial score (nSPS) is 14.9. The van der Waals surface area contributed by atoms with Crippen molar-refractivity contribution in [2.75, 3.05) is 24.5 Å². The maximum atomic E-state index is 12.4. The molecule has 114 valence electrons. The number of rotatable bonds is 3. The number of carbonyl (C=O) groups excluding carboxylic acids is 2. The number of carbonyl (C=O) groups is 2. The molecule has 1 heterocycles. The van der Waals surface area contributed by atoms with Gasteiger partial charge in [0.05, 0.1) is 5.69 Å². The first-order chi connectivity index (χ1) is 10.0. The van der Waals surface area contributed by atoms with Gasteiger partial charge in [-0.1, -0.05) is 18.2 Å². The Morgan fingerprint density at radius 2 is 1.67 bits per heavy atom. The van der Waals surface area contributed by atoms with Gasteiger partial charge in [-0.15, -0.1) is 0 Å². The van der Waals surface area contributed by atoms with Gasteiger partial charge in [0, 0.05) is 20.0 Å². The lowest BCUT2D eigenvalue weighted by Crippen LogP contribution is -2.44. The van der Waals surface area contributed by atoms with Crippen LogP contribution in [0.4, 0.5) is 5.69 Å². The smallest absolute Gasteiger partial charge is 0.242 e. The SMILES string of the molecule is CC(=O)N(CC(=O)N1CCCCC1)c1c(C)cccc1C. The zero-order valence-electron chi connectivity index (χ0n) is 13.2. The molecule has 0 atom stereocenters. The number of amides is 2. The van der Waals surface area contributed by atoms with Crippen LogP contribution in [0.5, 0.6) is 0 Å². The van der Waals surface area contributed by atoms with E-state index in [-0.39, 0.29) is 18.4 Å². The van der Waals surface area contributed by atoms with Crippen LogP contribution in [0.15, 0.2) is 18.2 Å². The highest BCUT2D eigenvalue weighted by Crippen LogP contribution is 2.25. The largest absolute Gasteiger partial charge is 0.341 e. The van der Waals surface area contributed by atoms with Gasteiger partial charge in [-0.2, -0.15) is 0 Å². The van der Waals surface area contributed by atoms with Crippen molar-refractivity contribution in [3.8, 4) is 0 Å². The van der Waals surface area contributed by atoms with Crippen molar-refractivity contribution in [1.82, 2.24) is 4.90 Å². The second kappa shape index (κ2) is 6.74. The molecule has 1 aliphatic rings. The first-order valence-corrected chi connectivity index (χ1v) is 7.63. The Kier molecular flexibility index (Phi) is 4.99. The molecule has 2 rings (SSSR count). The van der Waals surface area contributed by atoms with Gasteiger partial charge in [0.25, 0.3) is 0 Å². The third-order valence-electron chi connectivity index (χ3n) is 4.09. The third-order valence-corrected chi connectivity index (χ3v) is 4.09. The van der Waals surface area contributed by atoms with Gasteiger partial charge in [-0.25, -0.2) is 0 Å². The maximum Gasteiger partial charge on any atom is 0.242 e. The van der Waals surface area contributed by atoms with E-state index in [4.69, 9.17) is 0 Å². The summed E-state index contributed by atoms with van der Waals surface area (Å²) in [5.41, 5.74) is 2.92. The van der Waals surface area contributed by atoms with Gasteiger partial charge in [0.15, 0.2) is 0 Å². The average Bonchev–Trinajstić information content (AvgIpc) is 2.46. The Morgan fingerprint density at radius 1 is 1.10 bits per heavy atom. The highest BCUT2D eigenvalue weighted by molar-refractivity contribution is 5.98. The summed E-state index contributed by atoms with van der Waals surface area (Å²) in [6.45, 7) is 7.25. The van der Waals surface area contributed by atoms with Crippen LogP contribution < -0.4 is 4.90 Å². The van der Waals surface area contributed by atoms with Crippen molar-refractivity contribution in [1.29, 1.82) is 0 Å². The van der Waals surface area contributed by atoms with Crippen molar-refractivity contribution in [2.24, 2.45) is 0 Å². The molecule has 4 heteroatoms. The van der Waals surface area contributed by atoms with E-state index in [0.29, 0.717) is 0 Å². The van der Waals surface area contributed by atoms with E-state index in [1.165, 1.54) is 13.3 Å². The van der Waals surface area contributed by atoms with Crippen LogP contribution in [-0.4, -0.2) is 36.3 Å². The molecule has 0 aromatic heterocycles. The lowest BCUT2D eigenvalue weighted by Gasteiger charge is -2.30. The van der Waals surface area contributed by atoms with Gasteiger partial charge in [0.1, 0.15) is 6.54 Å². The Bertz CT molecular complexity index is 513. The summed E-state index contributed by atoms with van der Waals surface area (Å²) in [7, 11) is 0. The molecule has 0 saturated carbocycles. The summed E-state index contributed by atoms with van der Waals surface area (Å²) in [6.07, 6.45) is 3.32. The Hall–Kier alpha value is -1.84. The molecule has 2 amide bonds. The molecule has 1 aromatic carbocycles. The molecule has 0 spiro atoms. The second-order valence-corrected chi connectivity index (χ2v) is 5.79. The molecular weight excluding hydrogens is 264 g/mol. The fourth-order valence-corrected chi connectivity index (χ4v) is 2.96. The van der Waals surface area contributed by atoms with E-state index in [2.05, 4.69) is 0 Å². The molecule has 1 saturated heterocycles. The highest BCUT2D eigenvalue weighted by atomic mass is 16.2. The van der Waals surface area contributed by atoms with Gasteiger partial charge in [0.2, 0.25) is 11.8 Å². The van der Waals surface area contributed by atoms with Gasteiger partial charge >= 0.3 is 0 Å². The van der Waals surface area contributed by atoms with E-state index < -0.39 is 0 Å². The first-order valence-electron chi connectivity index (χ1n) is 7.63. The molecule has 0 aliphatic carbocycles. The molecule has 0 bridgehead atoms. The Morgan fingerprint density at radius 3 is 2.19 bits per heavy atom. The minimum Gasteiger partial charge on any atom is -0.341 e. The Labute approximate surface area is 126 Å². The zero-order chi connectivity index (χ0) is 15.4. The summed E-state index contributed by atoms with van der Waals surface area (Å²) in [5.74, 6) is -0.0367. The summed E-state index contributed by atoms with van der Waals surface area (Å²) in [4.78, 5) is 28.0. The number of aryl methyl sites for hydroxylation is 2. The first kappa shape index (κ1) is 15.5.